The molecule has 0 heterocycles. The molecule has 0 saturated heterocycles. The van der Waals surface area contributed by atoms with Crippen LogP contribution in [-0.2, 0) is 9.09 Å². The van der Waals surface area contributed by atoms with Crippen molar-refractivity contribution in [3.05, 3.63) is 0 Å². The molecule has 3 N–H and O–H groups in total. The normalized spacial score (nSPS) is 15.3. The van der Waals surface area contributed by atoms with E-state index in [2.05, 4.69) is 0 Å². The Morgan fingerprint density at radius 2 is 1.81 bits per heavy atom. The van der Waals surface area contributed by atoms with E-state index in [0.29, 0.717) is 37.7 Å². The van der Waals surface area contributed by atoms with Crippen LogP contribution in [0.2, 0.25) is 0 Å². The number of rotatable bonds is 10. The average Bonchev–Trinajstić information content (AvgIpc) is 2.24. The minimum atomic E-state index is -3.29. The van der Waals surface area contributed by atoms with Gasteiger partial charge in [-0.2, -0.15) is 0 Å². The summed E-state index contributed by atoms with van der Waals surface area (Å²) in [5.41, 5.74) is 5.59. The summed E-state index contributed by atoms with van der Waals surface area (Å²) in [5.74, 6) is 0.635. The Morgan fingerprint density at radius 3 is 2.25 bits per heavy atom. The molecule has 0 amide bonds. The lowest BCUT2D eigenvalue weighted by molar-refractivity contribution is 0.235. The lowest BCUT2D eigenvalue weighted by Gasteiger charge is -2.26. The van der Waals surface area contributed by atoms with Crippen LogP contribution in [0.4, 0.5) is 0 Å². The maximum atomic E-state index is 12.0. The van der Waals surface area contributed by atoms with Gasteiger partial charge in [0, 0.05) is 31.5 Å². The highest BCUT2D eigenvalue weighted by Gasteiger charge is 2.26. The molecule has 0 aromatic carbocycles. The first-order valence-corrected chi connectivity index (χ1v) is 7.81. The Hall–Kier alpha value is 0.650. The number of nitrogens with two attached hydrogens (primary N) is 1. The standard InChI is InChI=1S/C8H19Cl2N2O3P/c9-3-5-12(6-4-10)16(11,14)15-8-2-1-7-13/h13H,1-8H2,(H2,11,14)/t16-/m1/s1. The Morgan fingerprint density at radius 1 is 1.25 bits per heavy atom. The lowest BCUT2D eigenvalue weighted by Crippen LogP contribution is -2.29. The van der Waals surface area contributed by atoms with Crippen molar-refractivity contribution >= 4 is 30.9 Å². The van der Waals surface area contributed by atoms with Crippen molar-refractivity contribution in [2.45, 2.75) is 12.8 Å². The van der Waals surface area contributed by atoms with E-state index in [-0.39, 0.29) is 13.2 Å². The van der Waals surface area contributed by atoms with Crippen molar-refractivity contribution in [1.82, 2.24) is 4.67 Å². The molecule has 0 aromatic heterocycles. The van der Waals surface area contributed by atoms with Gasteiger partial charge in [0.25, 0.3) is 0 Å². The number of nitrogens with zero attached hydrogens (tertiary/aromatic N) is 1. The van der Waals surface area contributed by atoms with Crippen molar-refractivity contribution in [1.29, 1.82) is 0 Å². The predicted octanol–water partition coefficient (Wildman–Crippen LogP) is 1.62. The van der Waals surface area contributed by atoms with Gasteiger partial charge in [0.1, 0.15) is 0 Å². The number of aliphatic hydroxyl groups is 1. The fraction of sp³-hybridized carbons (Fsp3) is 1.00. The second kappa shape index (κ2) is 9.66. The van der Waals surface area contributed by atoms with Crippen LogP contribution in [0.5, 0.6) is 0 Å². The molecule has 0 saturated carbocycles. The monoisotopic (exact) mass is 292 g/mol. The third kappa shape index (κ3) is 7.07. The van der Waals surface area contributed by atoms with Gasteiger partial charge in [-0.1, -0.05) is 0 Å². The van der Waals surface area contributed by atoms with Gasteiger partial charge >= 0.3 is 7.67 Å². The molecule has 16 heavy (non-hydrogen) atoms. The molecule has 0 spiro atoms. The van der Waals surface area contributed by atoms with Crippen LogP contribution in [0.15, 0.2) is 0 Å². The minimum Gasteiger partial charge on any atom is -0.396 e. The summed E-state index contributed by atoms with van der Waals surface area (Å²) in [6.45, 7) is 1.10. The van der Waals surface area contributed by atoms with E-state index >= 15 is 0 Å². The summed E-state index contributed by atoms with van der Waals surface area (Å²) in [6, 6.07) is 0. The summed E-state index contributed by atoms with van der Waals surface area (Å²) < 4.78 is 18.6. The largest absolute Gasteiger partial charge is 0.396 e. The van der Waals surface area contributed by atoms with Crippen molar-refractivity contribution < 1.29 is 14.2 Å². The molecule has 0 rings (SSSR count). The molecule has 0 fully saturated rings. The van der Waals surface area contributed by atoms with Gasteiger partial charge < -0.3 is 9.63 Å². The summed E-state index contributed by atoms with van der Waals surface area (Å²) in [6.07, 6.45) is 1.22. The van der Waals surface area contributed by atoms with Crippen molar-refractivity contribution in [3.8, 4) is 0 Å². The van der Waals surface area contributed by atoms with Gasteiger partial charge in [-0.3, -0.25) is 4.57 Å². The quantitative estimate of drug-likeness (QED) is 0.364. The molecule has 0 unspecified atom stereocenters. The Labute approximate surface area is 106 Å². The number of alkyl halides is 2. The first-order valence-electron chi connectivity index (χ1n) is 5.10. The maximum Gasteiger partial charge on any atom is 0.340 e. The second-order valence-electron chi connectivity index (χ2n) is 3.16. The van der Waals surface area contributed by atoms with E-state index in [4.69, 9.17) is 38.3 Å². The van der Waals surface area contributed by atoms with Gasteiger partial charge in [-0.05, 0) is 12.8 Å². The van der Waals surface area contributed by atoms with Gasteiger partial charge in [0.15, 0.2) is 0 Å². The number of hydrogen-bond donors (Lipinski definition) is 2. The third-order valence-corrected chi connectivity index (χ3v) is 3.99. The van der Waals surface area contributed by atoms with Crippen LogP contribution >= 0.6 is 30.9 Å². The molecule has 0 aliphatic rings. The molecule has 0 aliphatic carbocycles. The van der Waals surface area contributed by atoms with Gasteiger partial charge in [0.05, 0.1) is 6.61 Å². The number of aliphatic hydroxyl groups excluding tert-OH is 1. The van der Waals surface area contributed by atoms with E-state index in [0.717, 1.165) is 0 Å². The van der Waals surface area contributed by atoms with Crippen LogP contribution in [0.25, 0.3) is 0 Å². The summed E-state index contributed by atoms with van der Waals surface area (Å²) >= 11 is 11.1. The lowest BCUT2D eigenvalue weighted by atomic mass is 10.3. The molecule has 5 nitrogen and oxygen atoms in total. The molecule has 98 valence electrons. The molecule has 0 radical (unpaired) electrons. The molecular weight excluding hydrogens is 274 g/mol. The van der Waals surface area contributed by atoms with Crippen molar-refractivity contribution in [3.63, 3.8) is 0 Å². The fourth-order valence-electron chi connectivity index (χ4n) is 1.08. The second-order valence-corrected chi connectivity index (χ2v) is 5.87. The van der Waals surface area contributed by atoms with Crippen LogP contribution in [0, 0.1) is 0 Å². The van der Waals surface area contributed by atoms with Crippen LogP contribution in [0.1, 0.15) is 12.8 Å². The van der Waals surface area contributed by atoms with E-state index < -0.39 is 7.67 Å². The molecule has 0 aromatic rings. The number of hydrogen-bond acceptors (Lipinski definition) is 3. The van der Waals surface area contributed by atoms with E-state index in [1.165, 1.54) is 4.67 Å². The molecular formula is C8H19Cl2N2O3P. The minimum absolute atomic E-state index is 0.0886. The van der Waals surface area contributed by atoms with Crippen LogP contribution < -0.4 is 5.50 Å². The SMILES string of the molecule is N[P@@](=O)(OCCCCO)N(CCCl)CCCl. The first kappa shape index (κ1) is 16.6. The smallest absolute Gasteiger partial charge is 0.340 e. The summed E-state index contributed by atoms with van der Waals surface area (Å²) in [7, 11) is -3.29. The Kier molecular flexibility index (Phi) is 10.0. The number of halogens is 2. The fourth-order valence-corrected chi connectivity index (χ4v) is 3.03. The number of unbranched alkanes of at least 4 members (excludes halogenated alkanes) is 1. The first-order chi connectivity index (χ1) is 7.58. The Bertz CT molecular complexity index is 215. The average molecular weight is 293 g/mol. The predicted molar refractivity (Wildman–Crippen MR) is 67.1 cm³/mol. The highest BCUT2D eigenvalue weighted by molar-refractivity contribution is 7.53. The summed E-state index contributed by atoms with van der Waals surface area (Å²) in [4.78, 5) is 0. The molecule has 0 aliphatic heterocycles. The van der Waals surface area contributed by atoms with Crippen LogP contribution in [-0.4, -0.2) is 47.8 Å². The zero-order valence-corrected chi connectivity index (χ0v) is 11.6. The molecule has 8 heteroatoms. The van der Waals surface area contributed by atoms with Gasteiger partial charge in [-0.25, -0.2) is 10.2 Å². The van der Waals surface area contributed by atoms with Crippen molar-refractivity contribution in [2.75, 3.05) is 38.1 Å². The zero-order chi connectivity index (χ0) is 12.4. The van der Waals surface area contributed by atoms with E-state index in [1.807, 2.05) is 0 Å². The van der Waals surface area contributed by atoms with Crippen LogP contribution in [0.3, 0.4) is 0 Å². The topological polar surface area (TPSA) is 75.8 Å². The highest BCUT2D eigenvalue weighted by Crippen LogP contribution is 2.42. The highest BCUT2D eigenvalue weighted by atomic mass is 35.5. The van der Waals surface area contributed by atoms with Crippen molar-refractivity contribution in [2.24, 2.45) is 5.50 Å². The van der Waals surface area contributed by atoms with Gasteiger partial charge in [0.2, 0.25) is 0 Å². The third-order valence-electron chi connectivity index (χ3n) is 1.91. The Balaban J connectivity index is 4.07. The van der Waals surface area contributed by atoms with E-state index in [9.17, 15) is 4.57 Å². The maximum absolute atomic E-state index is 12.0. The zero-order valence-electron chi connectivity index (χ0n) is 9.15. The van der Waals surface area contributed by atoms with E-state index in [1.54, 1.807) is 0 Å². The summed E-state index contributed by atoms with van der Waals surface area (Å²) in [5, 5.41) is 8.57. The molecule has 1 atom stereocenters. The van der Waals surface area contributed by atoms with Gasteiger partial charge in [-0.15, -0.1) is 23.2 Å². The molecule has 0 bridgehead atoms.